The van der Waals surface area contributed by atoms with Crippen LogP contribution in [0.1, 0.15) is 30.6 Å². The normalized spacial score (nSPS) is 10.4. The average Bonchev–Trinajstić information content (AvgIpc) is 2.72. The molecular weight excluding hydrogens is 401 g/mol. The number of amides is 2. The summed E-state index contributed by atoms with van der Waals surface area (Å²) in [6.07, 6.45) is 0.547. The van der Waals surface area contributed by atoms with Crippen LogP contribution in [-0.2, 0) is 9.59 Å². The Kier molecular flexibility index (Phi) is 7.97. The van der Waals surface area contributed by atoms with Gasteiger partial charge in [0.2, 0.25) is 5.91 Å². The second kappa shape index (κ2) is 10.4. The molecule has 2 rings (SSSR count). The number of ketones is 1. The van der Waals surface area contributed by atoms with E-state index in [1.54, 1.807) is 31.2 Å². The fourth-order valence-electron chi connectivity index (χ4n) is 2.57. The maximum Gasteiger partial charge on any atom is 0.260 e. The molecule has 0 fully saturated rings. The summed E-state index contributed by atoms with van der Waals surface area (Å²) in [7, 11) is 0. The number of halogens is 3. The van der Waals surface area contributed by atoms with Crippen molar-refractivity contribution in [1.82, 2.24) is 4.90 Å². The Morgan fingerprint density at radius 1 is 1.00 bits per heavy atom. The van der Waals surface area contributed by atoms with Crippen LogP contribution < -0.4 is 10.1 Å². The summed E-state index contributed by atoms with van der Waals surface area (Å²) in [6.45, 7) is 2.69. The Balaban J connectivity index is 1.97. The van der Waals surface area contributed by atoms with Gasteiger partial charge in [-0.3, -0.25) is 14.4 Å². The van der Waals surface area contributed by atoms with Crippen molar-refractivity contribution in [3.63, 3.8) is 0 Å². The summed E-state index contributed by atoms with van der Waals surface area (Å²) in [5, 5.41) is 2.13. The van der Waals surface area contributed by atoms with Gasteiger partial charge in [-0.05, 0) is 49.7 Å². The molecule has 160 valence electrons. The molecule has 0 bridgehead atoms. The van der Waals surface area contributed by atoms with Crippen molar-refractivity contribution >= 4 is 23.3 Å². The first-order valence-electron chi connectivity index (χ1n) is 9.17. The first kappa shape index (κ1) is 22.9. The number of carbonyl (C=O) groups is 3. The predicted octanol–water partition coefficient (Wildman–Crippen LogP) is 3.56. The number of Topliss-reactive ketones (excluding diaryl/α,β-unsaturated/α-hetero) is 1. The Morgan fingerprint density at radius 2 is 1.67 bits per heavy atom. The van der Waals surface area contributed by atoms with Crippen molar-refractivity contribution in [3.05, 3.63) is 59.4 Å². The zero-order valence-electron chi connectivity index (χ0n) is 16.5. The third-order valence-corrected chi connectivity index (χ3v) is 4.11. The molecule has 0 atom stereocenters. The average molecular weight is 422 g/mol. The van der Waals surface area contributed by atoms with Crippen molar-refractivity contribution in [1.29, 1.82) is 0 Å². The zero-order chi connectivity index (χ0) is 22.3. The van der Waals surface area contributed by atoms with Gasteiger partial charge in [-0.2, -0.15) is 0 Å². The first-order chi connectivity index (χ1) is 14.2. The lowest BCUT2D eigenvalue weighted by molar-refractivity contribution is -0.136. The lowest BCUT2D eigenvalue weighted by Crippen LogP contribution is -2.41. The molecule has 0 aromatic heterocycles. The Morgan fingerprint density at radius 3 is 2.27 bits per heavy atom. The Bertz CT molecular complexity index is 933. The molecule has 0 aliphatic heterocycles. The van der Waals surface area contributed by atoms with Gasteiger partial charge >= 0.3 is 0 Å². The van der Waals surface area contributed by atoms with Crippen LogP contribution in [0.15, 0.2) is 36.4 Å². The highest BCUT2D eigenvalue weighted by atomic mass is 19.2. The number of nitrogens with one attached hydrogen (secondary N) is 1. The van der Waals surface area contributed by atoms with Gasteiger partial charge in [0.05, 0.1) is 12.2 Å². The fourth-order valence-corrected chi connectivity index (χ4v) is 2.57. The molecular formula is C21H21F3N2O4. The van der Waals surface area contributed by atoms with Gasteiger partial charge in [0.25, 0.3) is 5.91 Å². The molecule has 0 radical (unpaired) electrons. The summed E-state index contributed by atoms with van der Waals surface area (Å²) >= 11 is 0. The van der Waals surface area contributed by atoms with Crippen LogP contribution in [0.2, 0.25) is 0 Å². The zero-order valence-corrected chi connectivity index (χ0v) is 16.5. The number of hydrogen-bond acceptors (Lipinski definition) is 4. The molecule has 0 saturated carbocycles. The lowest BCUT2D eigenvalue weighted by Gasteiger charge is -2.22. The minimum atomic E-state index is -1.70. The number of benzene rings is 2. The molecule has 0 aliphatic carbocycles. The van der Waals surface area contributed by atoms with Crippen molar-refractivity contribution < 1.29 is 32.3 Å². The van der Waals surface area contributed by atoms with Gasteiger partial charge in [-0.1, -0.05) is 6.92 Å². The summed E-state index contributed by atoms with van der Waals surface area (Å²) in [4.78, 5) is 37.1. The minimum absolute atomic E-state index is 0.102. The van der Waals surface area contributed by atoms with E-state index in [4.69, 9.17) is 4.74 Å². The predicted molar refractivity (Wildman–Crippen MR) is 104 cm³/mol. The van der Waals surface area contributed by atoms with E-state index in [1.165, 1.54) is 11.8 Å². The molecule has 2 amide bonds. The van der Waals surface area contributed by atoms with E-state index in [0.29, 0.717) is 23.8 Å². The molecule has 2 aromatic rings. The molecule has 1 N–H and O–H groups in total. The van der Waals surface area contributed by atoms with Crippen molar-refractivity contribution in [2.24, 2.45) is 0 Å². The van der Waals surface area contributed by atoms with Crippen molar-refractivity contribution in [2.45, 2.75) is 20.3 Å². The minimum Gasteiger partial charge on any atom is -0.484 e. The molecule has 9 heteroatoms. The van der Waals surface area contributed by atoms with Crippen LogP contribution in [0, 0.1) is 17.5 Å². The first-order valence-corrected chi connectivity index (χ1v) is 9.17. The summed E-state index contributed by atoms with van der Waals surface area (Å²) in [5.74, 6) is -5.58. The van der Waals surface area contributed by atoms with Crippen LogP contribution in [-0.4, -0.2) is 42.2 Å². The highest BCUT2D eigenvalue weighted by Gasteiger charge is 2.20. The van der Waals surface area contributed by atoms with E-state index < -0.39 is 41.5 Å². The third kappa shape index (κ3) is 6.07. The van der Waals surface area contributed by atoms with Crippen LogP contribution in [0.4, 0.5) is 18.9 Å². The summed E-state index contributed by atoms with van der Waals surface area (Å²) in [5.41, 5.74) is -0.0213. The van der Waals surface area contributed by atoms with E-state index in [0.717, 1.165) is 6.07 Å². The molecule has 0 saturated heterocycles. The number of ether oxygens (including phenoxy) is 1. The van der Waals surface area contributed by atoms with Gasteiger partial charge in [0.15, 0.2) is 29.8 Å². The number of rotatable bonds is 9. The highest BCUT2D eigenvalue weighted by Crippen LogP contribution is 2.19. The Labute approximate surface area is 171 Å². The second-order valence-corrected chi connectivity index (χ2v) is 6.46. The van der Waals surface area contributed by atoms with E-state index >= 15 is 0 Å². The van der Waals surface area contributed by atoms with E-state index in [9.17, 15) is 27.6 Å². The monoisotopic (exact) mass is 422 g/mol. The highest BCUT2D eigenvalue weighted by molar-refractivity contribution is 5.95. The molecule has 2 aromatic carbocycles. The van der Waals surface area contributed by atoms with E-state index in [-0.39, 0.29) is 18.9 Å². The molecule has 0 unspecified atom stereocenters. The van der Waals surface area contributed by atoms with Crippen molar-refractivity contribution in [3.8, 4) is 5.75 Å². The SMILES string of the molecule is CCCN(CC(=O)Nc1ccc(F)c(F)c1F)C(=O)COc1ccc(C(C)=O)cc1. The van der Waals surface area contributed by atoms with Gasteiger partial charge in [-0.25, -0.2) is 13.2 Å². The fraction of sp³-hybridized carbons (Fsp3) is 0.286. The largest absolute Gasteiger partial charge is 0.484 e. The number of nitrogens with zero attached hydrogens (tertiary/aromatic N) is 1. The molecule has 0 spiro atoms. The van der Waals surface area contributed by atoms with Gasteiger partial charge in [-0.15, -0.1) is 0 Å². The van der Waals surface area contributed by atoms with Crippen LogP contribution in [0.5, 0.6) is 5.75 Å². The van der Waals surface area contributed by atoms with Crippen molar-refractivity contribution in [2.75, 3.05) is 25.0 Å². The molecule has 0 heterocycles. The molecule has 6 nitrogen and oxygen atoms in total. The van der Waals surface area contributed by atoms with Crippen LogP contribution in [0.25, 0.3) is 0 Å². The molecule has 30 heavy (non-hydrogen) atoms. The number of carbonyl (C=O) groups excluding carboxylic acids is 3. The van der Waals surface area contributed by atoms with E-state index in [2.05, 4.69) is 5.32 Å². The standard InChI is InChI=1S/C21H21F3N2O4/c1-3-10-26(11-18(28)25-17-9-8-16(22)20(23)21(17)24)19(29)12-30-15-6-4-14(5-7-15)13(2)27/h4-9H,3,10-12H2,1-2H3,(H,25,28). The maximum absolute atomic E-state index is 13.7. The topological polar surface area (TPSA) is 75.7 Å². The third-order valence-electron chi connectivity index (χ3n) is 4.11. The summed E-state index contributed by atoms with van der Waals surface area (Å²) in [6, 6.07) is 7.81. The summed E-state index contributed by atoms with van der Waals surface area (Å²) < 4.78 is 45.4. The van der Waals surface area contributed by atoms with Gasteiger partial charge in [0, 0.05) is 12.1 Å². The smallest absolute Gasteiger partial charge is 0.260 e. The van der Waals surface area contributed by atoms with Crippen LogP contribution >= 0.6 is 0 Å². The van der Waals surface area contributed by atoms with E-state index in [1.807, 2.05) is 0 Å². The second-order valence-electron chi connectivity index (χ2n) is 6.46. The number of hydrogen-bond donors (Lipinski definition) is 1. The van der Waals surface area contributed by atoms with Gasteiger partial charge < -0.3 is 15.0 Å². The Hall–Kier alpha value is -3.36. The molecule has 0 aliphatic rings. The van der Waals surface area contributed by atoms with Gasteiger partial charge in [0.1, 0.15) is 5.75 Å². The maximum atomic E-state index is 13.7. The lowest BCUT2D eigenvalue weighted by atomic mass is 10.1. The van der Waals surface area contributed by atoms with Crippen LogP contribution in [0.3, 0.4) is 0 Å². The number of anilines is 1. The quantitative estimate of drug-likeness (QED) is 0.495.